The quantitative estimate of drug-likeness (QED) is 0.780. The van der Waals surface area contributed by atoms with Crippen molar-refractivity contribution in [1.82, 2.24) is 0 Å². The van der Waals surface area contributed by atoms with Crippen LogP contribution in [0.5, 0.6) is 5.75 Å². The number of halogens is 3. The fourth-order valence-electron chi connectivity index (χ4n) is 2.07. The topological polar surface area (TPSA) is 47.6 Å². The van der Waals surface area contributed by atoms with Crippen LogP contribution in [0.3, 0.4) is 0 Å². The van der Waals surface area contributed by atoms with Crippen LogP contribution in [0.25, 0.3) is 0 Å². The highest BCUT2D eigenvalue weighted by atomic mass is 19.4. The van der Waals surface area contributed by atoms with Gasteiger partial charge in [0.2, 0.25) is 0 Å². The number of esters is 1. The summed E-state index contributed by atoms with van der Waals surface area (Å²) in [6.45, 7) is 3.13. The highest BCUT2D eigenvalue weighted by molar-refractivity contribution is 5.74. The largest absolute Gasteiger partial charge is 0.497 e. The number of methoxy groups -OCH3 is 1. The van der Waals surface area contributed by atoms with Gasteiger partial charge in [-0.15, -0.1) is 0 Å². The molecule has 1 N–H and O–H groups in total. The van der Waals surface area contributed by atoms with Gasteiger partial charge in [-0.2, -0.15) is 13.2 Å². The van der Waals surface area contributed by atoms with Gasteiger partial charge >= 0.3 is 12.1 Å². The Morgan fingerprint density at radius 1 is 1.23 bits per heavy atom. The highest BCUT2D eigenvalue weighted by Gasteiger charge is 2.47. The van der Waals surface area contributed by atoms with Crippen molar-refractivity contribution < 1.29 is 27.4 Å². The molecule has 0 aliphatic carbocycles. The molecule has 0 radical (unpaired) electrons. The molecular weight excluding hydrogens is 299 g/mol. The number of hydrogen-bond donors (Lipinski definition) is 1. The molecule has 2 atom stereocenters. The number of nitrogens with one attached hydrogen (secondary N) is 1. The standard InChI is InChI=1S/C15H20F3NO3/c1-4-12(14(20)22-5-2)13(15(16,17)18)19-10-6-8-11(21-3)9-7-10/h6-9,12-13,19H,4-5H2,1-3H3/t12-,13-/m1/s1. The molecule has 0 aliphatic heterocycles. The number of ether oxygens (including phenoxy) is 2. The summed E-state index contributed by atoms with van der Waals surface area (Å²) >= 11 is 0. The lowest BCUT2D eigenvalue weighted by Crippen LogP contribution is -2.46. The summed E-state index contributed by atoms with van der Waals surface area (Å²) < 4.78 is 49.6. The van der Waals surface area contributed by atoms with Gasteiger partial charge in [-0.3, -0.25) is 4.79 Å². The summed E-state index contributed by atoms with van der Waals surface area (Å²) in [5.74, 6) is -1.62. The molecule has 7 heteroatoms. The van der Waals surface area contributed by atoms with Crippen LogP contribution in [0.1, 0.15) is 20.3 Å². The molecule has 0 spiro atoms. The van der Waals surface area contributed by atoms with Crippen LogP contribution in [-0.4, -0.2) is 31.9 Å². The minimum atomic E-state index is -4.58. The third-order valence-electron chi connectivity index (χ3n) is 3.20. The highest BCUT2D eigenvalue weighted by Crippen LogP contribution is 2.31. The maximum atomic E-state index is 13.3. The first-order valence-corrected chi connectivity index (χ1v) is 6.97. The Morgan fingerprint density at radius 2 is 1.82 bits per heavy atom. The SMILES string of the molecule is CCOC(=O)[C@H](CC)[C@@H](Nc1ccc(OC)cc1)C(F)(F)F. The van der Waals surface area contributed by atoms with Gasteiger partial charge in [0, 0.05) is 5.69 Å². The number of rotatable bonds is 7. The normalized spacial score (nSPS) is 14.1. The van der Waals surface area contributed by atoms with Gasteiger partial charge in [-0.1, -0.05) is 6.92 Å². The maximum absolute atomic E-state index is 13.3. The first kappa shape index (κ1) is 18.1. The van der Waals surface area contributed by atoms with E-state index in [0.717, 1.165) is 0 Å². The second-order valence-corrected chi connectivity index (χ2v) is 4.66. The maximum Gasteiger partial charge on any atom is 0.409 e. The third kappa shape index (κ3) is 4.82. The molecule has 0 fully saturated rings. The fourth-order valence-corrected chi connectivity index (χ4v) is 2.07. The molecule has 4 nitrogen and oxygen atoms in total. The second-order valence-electron chi connectivity index (χ2n) is 4.66. The Bertz CT molecular complexity index is 474. The van der Waals surface area contributed by atoms with E-state index in [2.05, 4.69) is 5.32 Å². The van der Waals surface area contributed by atoms with Crippen molar-refractivity contribution in [3.05, 3.63) is 24.3 Å². The number of carbonyl (C=O) groups excluding carboxylic acids is 1. The Kier molecular flexibility index (Phi) is 6.52. The van der Waals surface area contributed by atoms with Crippen molar-refractivity contribution >= 4 is 11.7 Å². The average molecular weight is 319 g/mol. The van der Waals surface area contributed by atoms with E-state index in [0.29, 0.717) is 5.75 Å². The molecule has 22 heavy (non-hydrogen) atoms. The van der Waals surface area contributed by atoms with Crippen molar-refractivity contribution in [2.24, 2.45) is 5.92 Å². The van der Waals surface area contributed by atoms with Crippen molar-refractivity contribution in [3.8, 4) is 5.75 Å². The molecule has 0 aliphatic rings. The zero-order chi connectivity index (χ0) is 16.8. The Morgan fingerprint density at radius 3 is 2.23 bits per heavy atom. The summed E-state index contributed by atoms with van der Waals surface area (Å²) in [5.41, 5.74) is 0.255. The van der Waals surface area contributed by atoms with E-state index in [9.17, 15) is 18.0 Å². The molecule has 0 bridgehead atoms. The molecule has 1 rings (SSSR count). The van der Waals surface area contributed by atoms with Gasteiger partial charge in [-0.05, 0) is 37.6 Å². The molecule has 0 saturated carbocycles. The monoisotopic (exact) mass is 319 g/mol. The first-order chi connectivity index (χ1) is 10.3. The van der Waals surface area contributed by atoms with E-state index in [1.807, 2.05) is 0 Å². The molecular formula is C15H20F3NO3. The molecule has 0 amide bonds. The second kappa shape index (κ2) is 7.91. The van der Waals surface area contributed by atoms with E-state index in [1.54, 1.807) is 19.1 Å². The molecule has 0 unspecified atom stereocenters. The number of alkyl halides is 3. The Hall–Kier alpha value is -1.92. The van der Waals surface area contributed by atoms with E-state index in [4.69, 9.17) is 9.47 Å². The summed E-state index contributed by atoms with van der Waals surface area (Å²) in [5, 5.41) is 2.38. The van der Waals surface area contributed by atoms with E-state index in [-0.39, 0.29) is 18.7 Å². The van der Waals surface area contributed by atoms with Gasteiger partial charge in [0.25, 0.3) is 0 Å². The smallest absolute Gasteiger partial charge is 0.409 e. The minimum Gasteiger partial charge on any atom is -0.497 e. The van der Waals surface area contributed by atoms with Crippen LogP contribution < -0.4 is 10.1 Å². The zero-order valence-electron chi connectivity index (χ0n) is 12.7. The van der Waals surface area contributed by atoms with E-state index in [1.165, 1.54) is 26.2 Å². The van der Waals surface area contributed by atoms with Crippen LogP contribution in [0.4, 0.5) is 18.9 Å². The fraction of sp³-hybridized carbons (Fsp3) is 0.533. The number of anilines is 1. The van der Waals surface area contributed by atoms with E-state index >= 15 is 0 Å². The number of hydrogen-bond acceptors (Lipinski definition) is 4. The lowest BCUT2D eigenvalue weighted by Gasteiger charge is -2.28. The van der Waals surface area contributed by atoms with Crippen molar-refractivity contribution in [1.29, 1.82) is 0 Å². The Labute approximate surface area is 127 Å². The Balaban J connectivity index is 2.98. The van der Waals surface area contributed by atoms with Gasteiger partial charge < -0.3 is 14.8 Å². The van der Waals surface area contributed by atoms with Crippen LogP contribution in [0, 0.1) is 5.92 Å². The van der Waals surface area contributed by atoms with Crippen molar-refractivity contribution in [2.75, 3.05) is 19.0 Å². The van der Waals surface area contributed by atoms with Crippen LogP contribution >= 0.6 is 0 Å². The summed E-state index contributed by atoms with van der Waals surface area (Å²) in [7, 11) is 1.47. The molecule has 1 aromatic rings. The molecule has 124 valence electrons. The molecule has 0 saturated heterocycles. The summed E-state index contributed by atoms with van der Waals surface area (Å²) in [4.78, 5) is 11.8. The lowest BCUT2D eigenvalue weighted by atomic mass is 9.96. The van der Waals surface area contributed by atoms with Crippen LogP contribution in [0.2, 0.25) is 0 Å². The third-order valence-corrected chi connectivity index (χ3v) is 3.20. The lowest BCUT2D eigenvalue weighted by molar-refractivity contribution is -0.172. The predicted molar refractivity (Wildman–Crippen MR) is 76.9 cm³/mol. The first-order valence-electron chi connectivity index (χ1n) is 6.97. The van der Waals surface area contributed by atoms with Gasteiger partial charge in [-0.25, -0.2) is 0 Å². The molecule has 1 aromatic carbocycles. The van der Waals surface area contributed by atoms with Gasteiger partial charge in [0.15, 0.2) is 0 Å². The van der Waals surface area contributed by atoms with Gasteiger partial charge in [0.1, 0.15) is 11.8 Å². The molecule has 0 aromatic heterocycles. The summed E-state index contributed by atoms with van der Waals surface area (Å²) in [6.07, 6.45) is -4.56. The average Bonchev–Trinajstić information content (AvgIpc) is 2.47. The number of benzene rings is 1. The number of carbonyl (C=O) groups is 1. The molecule has 0 heterocycles. The summed E-state index contributed by atoms with van der Waals surface area (Å²) in [6, 6.07) is 4.01. The van der Waals surface area contributed by atoms with Crippen molar-refractivity contribution in [3.63, 3.8) is 0 Å². The van der Waals surface area contributed by atoms with Crippen LogP contribution in [0.15, 0.2) is 24.3 Å². The van der Waals surface area contributed by atoms with E-state index < -0.39 is 24.1 Å². The van der Waals surface area contributed by atoms with Crippen LogP contribution in [-0.2, 0) is 9.53 Å². The van der Waals surface area contributed by atoms with Gasteiger partial charge in [0.05, 0.1) is 19.6 Å². The minimum absolute atomic E-state index is 0.0200. The van der Waals surface area contributed by atoms with Crippen molar-refractivity contribution in [2.45, 2.75) is 32.5 Å². The predicted octanol–water partition coefficient (Wildman–Crippen LogP) is 3.63. The zero-order valence-corrected chi connectivity index (χ0v) is 12.7.